The van der Waals surface area contributed by atoms with Crippen molar-refractivity contribution < 1.29 is 9.47 Å². The van der Waals surface area contributed by atoms with E-state index in [0.717, 1.165) is 24.6 Å². The SMILES string of the molecule is COc1ccc(OC)c(CN(Cc2ccccc2)C2CC2)c1. The highest BCUT2D eigenvalue weighted by Crippen LogP contribution is 2.32. The average Bonchev–Trinajstić information content (AvgIpc) is 3.40. The zero-order valence-electron chi connectivity index (χ0n) is 13.3. The molecule has 1 aliphatic rings. The van der Waals surface area contributed by atoms with Gasteiger partial charge in [-0.1, -0.05) is 30.3 Å². The lowest BCUT2D eigenvalue weighted by atomic mass is 10.1. The summed E-state index contributed by atoms with van der Waals surface area (Å²) in [6, 6.07) is 17.4. The third kappa shape index (κ3) is 3.60. The van der Waals surface area contributed by atoms with Gasteiger partial charge < -0.3 is 9.47 Å². The summed E-state index contributed by atoms with van der Waals surface area (Å²) in [5.41, 5.74) is 2.54. The van der Waals surface area contributed by atoms with Gasteiger partial charge in [0.15, 0.2) is 0 Å². The Balaban J connectivity index is 1.79. The molecule has 116 valence electrons. The van der Waals surface area contributed by atoms with Crippen LogP contribution in [0.5, 0.6) is 11.5 Å². The minimum absolute atomic E-state index is 0.691. The van der Waals surface area contributed by atoms with Gasteiger partial charge >= 0.3 is 0 Å². The first kappa shape index (κ1) is 14.9. The van der Waals surface area contributed by atoms with Crippen LogP contribution in [0.25, 0.3) is 0 Å². The molecule has 1 aliphatic carbocycles. The van der Waals surface area contributed by atoms with Crippen molar-refractivity contribution in [1.29, 1.82) is 0 Å². The fourth-order valence-electron chi connectivity index (χ4n) is 2.80. The molecule has 0 aliphatic heterocycles. The molecule has 0 N–H and O–H groups in total. The van der Waals surface area contributed by atoms with E-state index < -0.39 is 0 Å². The van der Waals surface area contributed by atoms with Crippen molar-refractivity contribution in [1.82, 2.24) is 4.90 Å². The van der Waals surface area contributed by atoms with E-state index in [2.05, 4.69) is 41.3 Å². The summed E-state index contributed by atoms with van der Waals surface area (Å²) in [6.07, 6.45) is 2.58. The molecule has 0 saturated heterocycles. The molecular formula is C19H23NO2. The molecular weight excluding hydrogens is 274 g/mol. The van der Waals surface area contributed by atoms with Crippen molar-refractivity contribution in [2.75, 3.05) is 14.2 Å². The van der Waals surface area contributed by atoms with Crippen molar-refractivity contribution >= 4 is 0 Å². The number of methoxy groups -OCH3 is 2. The minimum Gasteiger partial charge on any atom is -0.497 e. The minimum atomic E-state index is 0.691. The highest BCUT2D eigenvalue weighted by molar-refractivity contribution is 5.40. The molecule has 2 aromatic rings. The highest BCUT2D eigenvalue weighted by atomic mass is 16.5. The molecule has 0 spiro atoms. The van der Waals surface area contributed by atoms with Crippen LogP contribution in [0.15, 0.2) is 48.5 Å². The van der Waals surface area contributed by atoms with Gasteiger partial charge in [0.25, 0.3) is 0 Å². The van der Waals surface area contributed by atoms with Crippen LogP contribution in [-0.2, 0) is 13.1 Å². The highest BCUT2D eigenvalue weighted by Gasteiger charge is 2.29. The Hall–Kier alpha value is -2.00. The maximum Gasteiger partial charge on any atom is 0.123 e. The molecule has 0 heterocycles. The van der Waals surface area contributed by atoms with Gasteiger partial charge in [-0.25, -0.2) is 0 Å². The largest absolute Gasteiger partial charge is 0.497 e. The number of hydrogen-bond donors (Lipinski definition) is 0. The van der Waals surface area contributed by atoms with Gasteiger partial charge in [-0.2, -0.15) is 0 Å². The smallest absolute Gasteiger partial charge is 0.123 e. The van der Waals surface area contributed by atoms with Gasteiger partial charge in [-0.15, -0.1) is 0 Å². The van der Waals surface area contributed by atoms with Crippen molar-refractivity contribution in [3.8, 4) is 11.5 Å². The van der Waals surface area contributed by atoms with Crippen LogP contribution in [0.2, 0.25) is 0 Å². The first-order valence-corrected chi connectivity index (χ1v) is 7.79. The third-order valence-electron chi connectivity index (χ3n) is 4.15. The molecule has 22 heavy (non-hydrogen) atoms. The molecule has 0 bridgehead atoms. The number of rotatable bonds is 7. The molecule has 0 aromatic heterocycles. The summed E-state index contributed by atoms with van der Waals surface area (Å²) in [5, 5.41) is 0. The first-order valence-electron chi connectivity index (χ1n) is 7.79. The van der Waals surface area contributed by atoms with Crippen molar-refractivity contribution in [2.45, 2.75) is 32.0 Å². The Bertz CT molecular complexity index is 608. The van der Waals surface area contributed by atoms with Crippen LogP contribution in [0.4, 0.5) is 0 Å². The van der Waals surface area contributed by atoms with Crippen LogP contribution in [-0.4, -0.2) is 25.2 Å². The Morgan fingerprint density at radius 2 is 1.73 bits per heavy atom. The number of nitrogens with zero attached hydrogens (tertiary/aromatic N) is 1. The van der Waals surface area contributed by atoms with E-state index in [1.54, 1.807) is 14.2 Å². The van der Waals surface area contributed by atoms with Crippen molar-refractivity contribution in [2.24, 2.45) is 0 Å². The second-order valence-electron chi connectivity index (χ2n) is 5.80. The molecule has 0 atom stereocenters. The molecule has 3 rings (SSSR count). The summed E-state index contributed by atoms with van der Waals surface area (Å²) in [4.78, 5) is 2.53. The Morgan fingerprint density at radius 1 is 0.955 bits per heavy atom. The predicted octanol–water partition coefficient (Wildman–Crippen LogP) is 3.87. The van der Waals surface area contributed by atoms with Crippen LogP contribution < -0.4 is 9.47 Å². The third-order valence-corrected chi connectivity index (χ3v) is 4.15. The Kier molecular flexibility index (Phi) is 4.64. The molecule has 0 amide bonds. The van der Waals surface area contributed by atoms with E-state index in [1.165, 1.54) is 24.0 Å². The van der Waals surface area contributed by atoms with E-state index in [9.17, 15) is 0 Å². The standard InChI is InChI=1S/C19H23NO2/c1-21-18-10-11-19(22-2)16(12-18)14-20(17-8-9-17)13-15-6-4-3-5-7-15/h3-7,10-12,17H,8-9,13-14H2,1-2H3. The second-order valence-corrected chi connectivity index (χ2v) is 5.80. The molecule has 0 radical (unpaired) electrons. The summed E-state index contributed by atoms with van der Waals surface area (Å²) in [7, 11) is 3.43. The van der Waals surface area contributed by atoms with E-state index in [-0.39, 0.29) is 0 Å². The topological polar surface area (TPSA) is 21.7 Å². The van der Waals surface area contributed by atoms with Crippen LogP contribution in [0.3, 0.4) is 0 Å². The van der Waals surface area contributed by atoms with E-state index >= 15 is 0 Å². The van der Waals surface area contributed by atoms with Gasteiger partial charge in [0.2, 0.25) is 0 Å². The first-order chi connectivity index (χ1) is 10.8. The maximum atomic E-state index is 5.51. The van der Waals surface area contributed by atoms with Crippen molar-refractivity contribution in [3.05, 3.63) is 59.7 Å². The molecule has 1 fully saturated rings. The molecule has 3 nitrogen and oxygen atoms in total. The van der Waals surface area contributed by atoms with Gasteiger partial charge in [0.05, 0.1) is 14.2 Å². The lowest BCUT2D eigenvalue weighted by molar-refractivity contribution is 0.241. The normalized spacial score (nSPS) is 14.1. The Labute approximate surface area is 132 Å². The van der Waals surface area contributed by atoms with Gasteiger partial charge in [0.1, 0.15) is 11.5 Å². The number of benzene rings is 2. The van der Waals surface area contributed by atoms with E-state index in [4.69, 9.17) is 9.47 Å². The van der Waals surface area contributed by atoms with E-state index in [1.807, 2.05) is 12.1 Å². The van der Waals surface area contributed by atoms with E-state index in [0.29, 0.717) is 6.04 Å². The van der Waals surface area contributed by atoms with Crippen molar-refractivity contribution in [3.63, 3.8) is 0 Å². The lowest BCUT2D eigenvalue weighted by Crippen LogP contribution is -2.25. The summed E-state index contributed by atoms with van der Waals surface area (Å²) in [5.74, 6) is 1.81. The number of ether oxygens (including phenoxy) is 2. The maximum absolute atomic E-state index is 5.51. The molecule has 2 aromatic carbocycles. The van der Waals surface area contributed by atoms with Gasteiger partial charge in [-0.05, 0) is 36.6 Å². The Morgan fingerprint density at radius 3 is 2.36 bits per heavy atom. The monoisotopic (exact) mass is 297 g/mol. The van der Waals surface area contributed by atoms with Crippen LogP contribution >= 0.6 is 0 Å². The fraction of sp³-hybridized carbons (Fsp3) is 0.368. The summed E-state index contributed by atoms with van der Waals surface area (Å²) < 4.78 is 10.9. The molecule has 3 heteroatoms. The second kappa shape index (κ2) is 6.84. The van der Waals surface area contributed by atoms with Crippen LogP contribution in [0.1, 0.15) is 24.0 Å². The lowest BCUT2D eigenvalue weighted by Gasteiger charge is -2.23. The van der Waals surface area contributed by atoms with Gasteiger partial charge in [0, 0.05) is 24.7 Å². The number of hydrogen-bond acceptors (Lipinski definition) is 3. The predicted molar refractivity (Wildman–Crippen MR) is 88.3 cm³/mol. The summed E-state index contributed by atoms with van der Waals surface area (Å²) in [6.45, 7) is 1.87. The molecule has 1 saturated carbocycles. The zero-order valence-corrected chi connectivity index (χ0v) is 13.3. The zero-order chi connectivity index (χ0) is 15.4. The quantitative estimate of drug-likeness (QED) is 0.774. The van der Waals surface area contributed by atoms with Crippen LogP contribution in [0, 0.1) is 0 Å². The fourth-order valence-corrected chi connectivity index (χ4v) is 2.80. The van der Waals surface area contributed by atoms with Gasteiger partial charge in [-0.3, -0.25) is 4.90 Å². The summed E-state index contributed by atoms with van der Waals surface area (Å²) >= 11 is 0. The molecule has 0 unspecified atom stereocenters. The average molecular weight is 297 g/mol.